The monoisotopic (exact) mass is 266 g/mol. The lowest BCUT2D eigenvalue weighted by molar-refractivity contribution is -0.150. The molecule has 2 aliphatic rings. The van der Waals surface area contributed by atoms with Crippen molar-refractivity contribution in [1.82, 2.24) is 10.2 Å². The van der Waals surface area contributed by atoms with Gasteiger partial charge in [0.05, 0.1) is 0 Å². The Hall–Kier alpha value is -1.06. The summed E-state index contributed by atoms with van der Waals surface area (Å²) >= 11 is 0. The number of nitrogens with one attached hydrogen (secondary N) is 1. The highest BCUT2D eigenvalue weighted by atomic mass is 16.2. The molecule has 1 saturated carbocycles. The van der Waals surface area contributed by atoms with Crippen LogP contribution < -0.4 is 5.32 Å². The van der Waals surface area contributed by atoms with Gasteiger partial charge < -0.3 is 10.2 Å². The van der Waals surface area contributed by atoms with Crippen LogP contribution in [0.1, 0.15) is 47.0 Å². The van der Waals surface area contributed by atoms with Gasteiger partial charge in [-0.1, -0.05) is 27.7 Å². The molecule has 4 atom stereocenters. The Labute approximate surface area is 115 Å². The molecule has 0 aromatic rings. The van der Waals surface area contributed by atoms with Crippen LogP contribution in [0.5, 0.6) is 0 Å². The van der Waals surface area contributed by atoms with Gasteiger partial charge in [-0.15, -0.1) is 0 Å². The van der Waals surface area contributed by atoms with E-state index < -0.39 is 0 Å². The van der Waals surface area contributed by atoms with Crippen molar-refractivity contribution >= 4 is 11.8 Å². The minimum absolute atomic E-state index is 0.0288. The highest BCUT2D eigenvalue weighted by Gasteiger charge is 2.43. The molecule has 0 radical (unpaired) electrons. The third kappa shape index (κ3) is 3.10. The van der Waals surface area contributed by atoms with E-state index in [9.17, 15) is 9.59 Å². The molecular weight excluding hydrogens is 240 g/mol. The van der Waals surface area contributed by atoms with Gasteiger partial charge in [-0.05, 0) is 37.0 Å². The molecule has 4 unspecified atom stereocenters. The van der Waals surface area contributed by atoms with E-state index in [1.165, 1.54) is 6.42 Å². The quantitative estimate of drug-likeness (QED) is 0.825. The van der Waals surface area contributed by atoms with E-state index in [4.69, 9.17) is 0 Å². The zero-order chi connectivity index (χ0) is 14.2. The first-order valence-electron chi connectivity index (χ1n) is 7.54. The lowest BCUT2D eigenvalue weighted by atomic mass is 9.97. The predicted octanol–water partition coefficient (Wildman–Crippen LogP) is 1.79. The molecule has 0 aromatic heterocycles. The minimum atomic E-state index is -0.315. The van der Waals surface area contributed by atoms with E-state index >= 15 is 0 Å². The van der Waals surface area contributed by atoms with E-state index in [2.05, 4.69) is 26.1 Å². The van der Waals surface area contributed by atoms with Crippen LogP contribution >= 0.6 is 0 Å². The Morgan fingerprint density at radius 1 is 1.37 bits per heavy atom. The summed E-state index contributed by atoms with van der Waals surface area (Å²) in [7, 11) is 0. The second-order valence-electron chi connectivity index (χ2n) is 6.58. The van der Waals surface area contributed by atoms with Crippen molar-refractivity contribution in [2.45, 2.75) is 59.0 Å². The molecule has 1 heterocycles. The highest BCUT2D eigenvalue weighted by Crippen LogP contribution is 2.39. The van der Waals surface area contributed by atoms with Crippen LogP contribution in [0.15, 0.2) is 0 Å². The van der Waals surface area contributed by atoms with Crippen LogP contribution in [0.3, 0.4) is 0 Å². The predicted molar refractivity (Wildman–Crippen MR) is 74.4 cm³/mol. The van der Waals surface area contributed by atoms with Crippen LogP contribution in [0.25, 0.3) is 0 Å². The fraction of sp³-hybridized carbons (Fsp3) is 0.867. The third-order valence-electron chi connectivity index (χ3n) is 4.38. The maximum absolute atomic E-state index is 12.6. The van der Waals surface area contributed by atoms with Crippen molar-refractivity contribution in [3.05, 3.63) is 0 Å². The molecule has 108 valence electrons. The average Bonchev–Trinajstić information content (AvgIpc) is 3.01. The zero-order valence-electron chi connectivity index (χ0n) is 12.5. The fourth-order valence-electron chi connectivity index (χ4n) is 2.99. The van der Waals surface area contributed by atoms with E-state index in [1.54, 1.807) is 0 Å². The Kier molecular flexibility index (Phi) is 4.16. The number of hydrogen-bond acceptors (Lipinski definition) is 2. The SMILES string of the molecule is CCC1C(=O)NC(CC(C)C)C(=O)N1CC1CC1C. The van der Waals surface area contributed by atoms with Crippen LogP contribution in [-0.4, -0.2) is 35.3 Å². The van der Waals surface area contributed by atoms with Gasteiger partial charge in [-0.25, -0.2) is 0 Å². The molecule has 19 heavy (non-hydrogen) atoms. The van der Waals surface area contributed by atoms with Gasteiger partial charge in [0.25, 0.3) is 0 Å². The largest absolute Gasteiger partial charge is 0.342 e. The van der Waals surface area contributed by atoms with Gasteiger partial charge in [0.2, 0.25) is 11.8 Å². The molecule has 2 fully saturated rings. The Morgan fingerprint density at radius 3 is 2.47 bits per heavy atom. The Bertz CT molecular complexity index is 367. The standard InChI is InChI=1S/C15H26N2O2/c1-5-13-14(18)16-12(6-9(2)3)15(19)17(13)8-11-7-10(11)4/h9-13H,5-8H2,1-4H3,(H,16,18). The number of carbonyl (C=O) groups is 2. The summed E-state index contributed by atoms with van der Waals surface area (Å²) in [5, 5.41) is 2.90. The van der Waals surface area contributed by atoms with Crippen molar-refractivity contribution in [3.8, 4) is 0 Å². The third-order valence-corrected chi connectivity index (χ3v) is 4.38. The van der Waals surface area contributed by atoms with E-state index in [0.29, 0.717) is 24.2 Å². The molecule has 0 bridgehead atoms. The van der Waals surface area contributed by atoms with Crippen LogP contribution in [0.2, 0.25) is 0 Å². The first-order valence-corrected chi connectivity index (χ1v) is 7.54. The molecule has 1 saturated heterocycles. The summed E-state index contributed by atoms with van der Waals surface area (Å²) in [6.07, 6.45) is 2.63. The first-order chi connectivity index (χ1) is 8.93. The lowest BCUT2D eigenvalue weighted by Crippen LogP contribution is -2.63. The molecule has 1 N–H and O–H groups in total. The first kappa shape index (κ1) is 14.4. The Morgan fingerprint density at radius 2 is 2.00 bits per heavy atom. The molecule has 0 aromatic carbocycles. The lowest BCUT2D eigenvalue weighted by Gasteiger charge is -2.39. The van der Waals surface area contributed by atoms with Crippen molar-refractivity contribution < 1.29 is 9.59 Å². The highest BCUT2D eigenvalue weighted by molar-refractivity contribution is 5.96. The summed E-state index contributed by atoms with van der Waals surface area (Å²) < 4.78 is 0. The second-order valence-corrected chi connectivity index (χ2v) is 6.58. The van der Waals surface area contributed by atoms with E-state index in [1.807, 2.05) is 11.8 Å². The number of nitrogens with zero attached hydrogens (tertiary/aromatic N) is 1. The number of hydrogen-bond donors (Lipinski definition) is 1. The van der Waals surface area contributed by atoms with Crippen molar-refractivity contribution in [2.24, 2.45) is 17.8 Å². The normalized spacial score (nSPS) is 34.7. The van der Waals surface area contributed by atoms with Crippen LogP contribution in [-0.2, 0) is 9.59 Å². The minimum Gasteiger partial charge on any atom is -0.342 e. The van der Waals surface area contributed by atoms with Gasteiger partial charge in [0, 0.05) is 6.54 Å². The second kappa shape index (κ2) is 5.51. The van der Waals surface area contributed by atoms with Crippen LogP contribution in [0, 0.1) is 17.8 Å². The molecule has 1 aliphatic heterocycles. The summed E-state index contributed by atoms with van der Waals surface area (Å²) in [4.78, 5) is 26.6. The maximum atomic E-state index is 12.6. The molecule has 4 heteroatoms. The molecular formula is C15H26N2O2. The van der Waals surface area contributed by atoms with Gasteiger partial charge in [0.1, 0.15) is 12.1 Å². The van der Waals surface area contributed by atoms with Gasteiger partial charge >= 0.3 is 0 Å². The fourth-order valence-corrected chi connectivity index (χ4v) is 2.99. The van der Waals surface area contributed by atoms with Gasteiger partial charge in [-0.2, -0.15) is 0 Å². The zero-order valence-corrected chi connectivity index (χ0v) is 12.5. The number of rotatable bonds is 5. The van der Waals surface area contributed by atoms with Gasteiger partial charge in [-0.3, -0.25) is 9.59 Å². The molecule has 2 rings (SSSR count). The summed E-state index contributed by atoms with van der Waals surface area (Å²) in [5.74, 6) is 1.87. The molecule has 1 aliphatic carbocycles. The van der Waals surface area contributed by atoms with Crippen LogP contribution in [0.4, 0.5) is 0 Å². The van der Waals surface area contributed by atoms with Crippen molar-refractivity contribution in [2.75, 3.05) is 6.54 Å². The number of carbonyl (C=O) groups excluding carboxylic acids is 2. The summed E-state index contributed by atoms with van der Waals surface area (Å²) in [6, 6.07) is -0.576. The van der Waals surface area contributed by atoms with E-state index in [-0.39, 0.29) is 23.9 Å². The smallest absolute Gasteiger partial charge is 0.245 e. The maximum Gasteiger partial charge on any atom is 0.245 e. The number of amides is 2. The van der Waals surface area contributed by atoms with Crippen molar-refractivity contribution in [1.29, 1.82) is 0 Å². The molecule has 0 spiro atoms. The number of piperazine rings is 1. The van der Waals surface area contributed by atoms with E-state index in [0.717, 1.165) is 13.0 Å². The summed E-state index contributed by atoms with van der Waals surface area (Å²) in [5.41, 5.74) is 0. The topological polar surface area (TPSA) is 49.4 Å². The summed E-state index contributed by atoms with van der Waals surface area (Å²) in [6.45, 7) is 9.12. The van der Waals surface area contributed by atoms with Gasteiger partial charge in [0.15, 0.2) is 0 Å². The van der Waals surface area contributed by atoms with Crippen molar-refractivity contribution in [3.63, 3.8) is 0 Å². The average molecular weight is 266 g/mol. The molecule has 4 nitrogen and oxygen atoms in total. The molecule has 2 amide bonds. The Balaban J connectivity index is 2.09.